The smallest absolute Gasteiger partial charge is 0.231 e. The Morgan fingerprint density at radius 1 is 0.889 bits per heavy atom. The zero-order valence-corrected chi connectivity index (χ0v) is 15.5. The molecule has 3 heteroatoms. The third kappa shape index (κ3) is 2.98. The van der Waals surface area contributed by atoms with Gasteiger partial charge in [-0.2, -0.15) is 0 Å². The molecule has 2 aliphatic rings. The zero-order valence-electron chi connectivity index (χ0n) is 15.5. The minimum atomic E-state index is 0.313. The van der Waals surface area contributed by atoms with Crippen molar-refractivity contribution in [3.05, 3.63) is 95.1 Å². The van der Waals surface area contributed by atoms with Crippen LogP contribution in [0.5, 0.6) is 11.5 Å². The fraction of sp³-hybridized carbons (Fsp3) is 0.250. The summed E-state index contributed by atoms with van der Waals surface area (Å²) >= 11 is 0. The SMILES string of the molecule is C[C@H]1[C@H](c2ccc3c(c2)OCO3)c2ccccc2CN1Cc1ccccc1. The summed E-state index contributed by atoms with van der Waals surface area (Å²) in [5, 5.41) is 0. The van der Waals surface area contributed by atoms with Gasteiger partial charge in [-0.15, -0.1) is 0 Å². The maximum Gasteiger partial charge on any atom is 0.231 e. The Morgan fingerprint density at radius 2 is 1.67 bits per heavy atom. The first-order chi connectivity index (χ1) is 13.3. The van der Waals surface area contributed by atoms with Crippen LogP contribution in [-0.2, 0) is 13.1 Å². The van der Waals surface area contributed by atoms with Gasteiger partial charge in [-0.1, -0.05) is 60.7 Å². The molecular weight excluding hydrogens is 334 g/mol. The second-order valence-corrected chi connectivity index (χ2v) is 7.42. The van der Waals surface area contributed by atoms with Crippen LogP contribution in [-0.4, -0.2) is 17.7 Å². The molecule has 2 atom stereocenters. The number of hydrogen-bond donors (Lipinski definition) is 0. The predicted octanol–water partition coefficient (Wildman–Crippen LogP) is 4.95. The first-order valence-electron chi connectivity index (χ1n) is 9.55. The summed E-state index contributed by atoms with van der Waals surface area (Å²) in [7, 11) is 0. The van der Waals surface area contributed by atoms with E-state index in [1.807, 2.05) is 6.07 Å². The zero-order chi connectivity index (χ0) is 18.2. The lowest BCUT2D eigenvalue weighted by Gasteiger charge is -2.41. The van der Waals surface area contributed by atoms with Crippen LogP contribution >= 0.6 is 0 Å². The molecule has 5 rings (SSSR count). The number of benzene rings is 3. The summed E-state index contributed by atoms with van der Waals surface area (Å²) < 4.78 is 11.1. The van der Waals surface area contributed by atoms with Crippen molar-refractivity contribution in [2.75, 3.05) is 6.79 Å². The van der Waals surface area contributed by atoms with E-state index in [1.54, 1.807) is 0 Å². The molecule has 0 aliphatic carbocycles. The van der Waals surface area contributed by atoms with Crippen LogP contribution in [0.4, 0.5) is 0 Å². The molecule has 0 bridgehead atoms. The third-order valence-corrected chi connectivity index (χ3v) is 5.81. The van der Waals surface area contributed by atoms with Crippen LogP contribution in [0.25, 0.3) is 0 Å². The molecule has 0 fully saturated rings. The van der Waals surface area contributed by atoms with E-state index in [-0.39, 0.29) is 0 Å². The molecule has 0 radical (unpaired) electrons. The molecule has 3 nitrogen and oxygen atoms in total. The number of fused-ring (bicyclic) bond motifs is 2. The van der Waals surface area contributed by atoms with Crippen LogP contribution in [0.3, 0.4) is 0 Å². The second kappa shape index (κ2) is 6.75. The molecule has 0 unspecified atom stereocenters. The highest BCUT2D eigenvalue weighted by molar-refractivity contribution is 5.49. The number of rotatable bonds is 3. The lowest BCUT2D eigenvalue weighted by atomic mass is 9.79. The standard InChI is InChI=1S/C24H23NO2/c1-17-24(19-11-12-22-23(13-19)27-16-26-22)21-10-6-5-9-20(21)15-25(17)14-18-7-3-2-4-8-18/h2-13,17,24H,14-16H2,1H3/t17-,24+/m0/s1. The summed E-state index contributed by atoms with van der Waals surface area (Å²) in [6.07, 6.45) is 0. The normalized spacial score (nSPS) is 21.1. The van der Waals surface area contributed by atoms with Crippen molar-refractivity contribution in [1.29, 1.82) is 0 Å². The molecule has 0 N–H and O–H groups in total. The van der Waals surface area contributed by atoms with Crippen LogP contribution in [0.2, 0.25) is 0 Å². The molecule has 0 amide bonds. The van der Waals surface area contributed by atoms with E-state index in [1.165, 1.54) is 22.3 Å². The largest absolute Gasteiger partial charge is 0.454 e. The van der Waals surface area contributed by atoms with Crippen molar-refractivity contribution >= 4 is 0 Å². The van der Waals surface area contributed by atoms with E-state index < -0.39 is 0 Å². The predicted molar refractivity (Wildman–Crippen MR) is 106 cm³/mol. The Morgan fingerprint density at radius 3 is 2.56 bits per heavy atom. The summed E-state index contributed by atoms with van der Waals surface area (Å²) in [5.74, 6) is 2.02. The second-order valence-electron chi connectivity index (χ2n) is 7.42. The average Bonchev–Trinajstić information content (AvgIpc) is 3.17. The van der Waals surface area contributed by atoms with Gasteiger partial charge < -0.3 is 9.47 Å². The van der Waals surface area contributed by atoms with Crippen LogP contribution in [0.15, 0.2) is 72.8 Å². The van der Waals surface area contributed by atoms with E-state index in [4.69, 9.17) is 9.47 Å². The van der Waals surface area contributed by atoms with Gasteiger partial charge in [0.25, 0.3) is 0 Å². The molecule has 136 valence electrons. The molecule has 2 heterocycles. The van der Waals surface area contributed by atoms with Crippen LogP contribution in [0.1, 0.15) is 35.1 Å². The van der Waals surface area contributed by atoms with Gasteiger partial charge in [0.1, 0.15) is 0 Å². The van der Waals surface area contributed by atoms with E-state index >= 15 is 0 Å². The van der Waals surface area contributed by atoms with Gasteiger partial charge in [0.15, 0.2) is 11.5 Å². The molecular formula is C24H23NO2. The molecule has 0 saturated heterocycles. The summed E-state index contributed by atoms with van der Waals surface area (Å²) in [5.41, 5.74) is 5.48. The van der Waals surface area contributed by atoms with Crippen LogP contribution in [0, 0.1) is 0 Å². The van der Waals surface area contributed by atoms with Gasteiger partial charge in [0.05, 0.1) is 0 Å². The molecule has 0 saturated carbocycles. The minimum Gasteiger partial charge on any atom is -0.454 e. The fourth-order valence-corrected chi connectivity index (χ4v) is 4.40. The van der Waals surface area contributed by atoms with Crippen molar-refractivity contribution in [2.24, 2.45) is 0 Å². The van der Waals surface area contributed by atoms with Crippen molar-refractivity contribution < 1.29 is 9.47 Å². The van der Waals surface area contributed by atoms with Crippen LogP contribution < -0.4 is 9.47 Å². The molecule has 0 aromatic heterocycles. The van der Waals surface area contributed by atoms with E-state index in [0.717, 1.165) is 24.6 Å². The Kier molecular flexibility index (Phi) is 4.10. The maximum atomic E-state index is 5.64. The Balaban J connectivity index is 1.54. The van der Waals surface area contributed by atoms with Gasteiger partial charge in [0.2, 0.25) is 6.79 Å². The molecule has 0 spiro atoms. The summed E-state index contributed by atoms with van der Waals surface area (Å²) in [6.45, 7) is 4.59. The highest BCUT2D eigenvalue weighted by atomic mass is 16.7. The first-order valence-corrected chi connectivity index (χ1v) is 9.55. The van der Waals surface area contributed by atoms with E-state index in [9.17, 15) is 0 Å². The van der Waals surface area contributed by atoms with Crippen molar-refractivity contribution in [2.45, 2.75) is 32.0 Å². The van der Waals surface area contributed by atoms with Crippen molar-refractivity contribution in [3.63, 3.8) is 0 Å². The fourth-order valence-electron chi connectivity index (χ4n) is 4.40. The Bertz CT molecular complexity index is 954. The van der Waals surface area contributed by atoms with Gasteiger partial charge in [-0.25, -0.2) is 0 Å². The first kappa shape index (κ1) is 16.4. The Labute approximate surface area is 160 Å². The van der Waals surface area contributed by atoms with Gasteiger partial charge in [-0.05, 0) is 41.3 Å². The summed E-state index contributed by atoms with van der Waals surface area (Å²) in [6, 6.07) is 26.4. The van der Waals surface area contributed by atoms with Crippen molar-refractivity contribution in [3.8, 4) is 11.5 Å². The van der Waals surface area contributed by atoms with E-state index in [0.29, 0.717) is 18.8 Å². The van der Waals surface area contributed by atoms with Crippen molar-refractivity contribution in [1.82, 2.24) is 4.90 Å². The molecule has 3 aromatic carbocycles. The monoisotopic (exact) mass is 357 g/mol. The lowest BCUT2D eigenvalue weighted by molar-refractivity contribution is 0.159. The number of ether oxygens (including phenoxy) is 2. The number of hydrogen-bond acceptors (Lipinski definition) is 3. The number of nitrogens with zero attached hydrogens (tertiary/aromatic N) is 1. The van der Waals surface area contributed by atoms with Gasteiger partial charge in [-0.3, -0.25) is 4.90 Å². The molecule has 2 aliphatic heterocycles. The highest BCUT2D eigenvalue weighted by Crippen LogP contribution is 2.42. The van der Waals surface area contributed by atoms with E-state index in [2.05, 4.69) is 78.6 Å². The highest BCUT2D eigenvalue weighted by Gasteiger charge is 2.33. The van der Waals surface area contributed by atoms with Gasteiger partial charge in [0, 0.05) is 25.0 Å². The summed E-state index contributed by atoms with van der Waals surface area (Å²) in [4.78, 5) is 2.58. The molecule has 27 heavy (non-hydrogen) atoms. The van der Waals surface area contributed by atoms with Gasteiger partial charge >= 0.3 is 0 Å². The molecule has 3 aromatic rings. The topological polar surface area (TPSA) is 21.7 Å². The third-order valence-electron chi connectivity index (χ3n) is 5.81. The lowest BCUT2D eigenvalue weighted by Crippen LogP contribution is -2.41. The average molecular weight is 357 g/mol. The Hall–Kier alpha value is -2.78. The minimum absolute atomic E-state index is 0.313. The maximum absolute atomic E-state index is 5.64. The quantitative estimate of drug-likeness (QED) is 0.662.